The number of para-hydroxylation sites is 2. The van der Waals surface area contributed by atoms with Crippen LogP contribution in [0.3, 0.4) is 0 Å². The lowest BCUT2D eigenvalue weighted by Gasteiger charge is -2.26. The molecule has 1 atom stereocenters. The van der Waals surface area contributed by atoms with Gasteiger partial charge in [0.2, 0.25) is 0 Å². The van der Waals surface area contributed by atoms with Gasteiger partial charge in [0.15, 0.2) is 0 Å². The van der Waals surface area contributed by atoms with E-state index in [1.807, 2.05) is 29.2 Å². The van der Waals surface area contributed by atoms with Crippen molar-refractivity contribution in [2.45, 2.75) is 25.8 Å². The van der Waals surface area contributed by atoms with Gasteiger partial charge in [0, 0.05) is 6.54 Å². The predicted molar refractivity (Wildman–Crippen MR) is 91.9 cm³/mol. The van der Waals surface area contributed by atoms with Crippen molar-refractivity contribution in [2.75, 3.05) is 19.0 Å². The summed E-state index contributed by atoms with van der Waals surface area (Å²) >= 11 is 0. The summed E-state index contributed by atoms with van der Waals surface area (Å²) in [6.45, 7) is 2.86. The van der Waals surface area contributed by atoms with Gasteiger partial charge in [0.05, 0.1) is 18.8 Å². The third-order valence-corrected chi connectivity index (χ3v) is 4.29. The second-order valence-corrected chi connectivity index (χ2v) is 5.90. The molecule has 0 saturated carbocycles. The molecular weight excluding hydrogens is 288 g/mol. The molecule has 0 unspecified atom stereocenters. The Kier molecular flexibility index (Phi) is 4.51. The summed E-state index contributed by atoms with van der Waals surface area (Å²) < 4.78 is 5.30. The van der Waals surface area contributed by atoms with Crippen molar-refractivity contribution in [3.05, 3.63) is 59.7 Å². The standard InChI is InChI=1S/C19H22N2O2/c1-14-7-5-8-15(13-14)17-10-6-12-21(17)19(22)20-16-9-3-4-11-18(16)23-2/h3-5,7-9,11,13,17H,6,10,12H2,1-2H3,(H,20,22)/t17-/m0/s1. The van der Waals surface area contributed by atoms with E-state index in [9.17, 15) is 4.79 Å². The summed E-state index contributed by atoms with van der Waals surface area (Å²) in [4.78, 5) is 14.6. The van der Waals surface area contributed by atoms with Gasteiger partial charge in [-0.1, -0.05) is 42.0 Å². The topological polar surface area (TPSA) is 41.6 Å². The molecule has 1 N–H and O–H groups in total. The van der Waals surface area contributed by atoms with Crippen LogP contribution in [0.15, 0.2) is 48.5 Å². The molecule has 1 aliphatic rings. The lowest BCUT2D eigenvalue weighted by atomic mass is 10.0. The maximum absolute atomic E-state index is 12.7. The fraction of sp³-hybridized carbons (Fsp3) is 0.316. The number of hydrogen-bond donors (Lipinski definition) is 1. The first kappa shape index (κ1) is 15.4. The average Bonchev–Trinajstić information content (AvgIpc) is 3.05. The molecule has 1 saturated heterocycles. The number of carbonyl (C=O) groups excluding carboxylic acids is 1. The Labute approximate surface area is 137 Å². The molecular formula is C19H22N2O2. The van der Waals surface area contributed by atoms with Gasteiger partial charge in [0.25, 0.3) is 0 Å². The van der Waals surface area contributed by atoms with Gasteiger partial charge >= 0.3 is 6.03 Å². The summed E-state index contributed by atoms with van der Waals surface area (Å²) in [5.41, 5.74) is 3.13. The van der Waals surface area contributed by atoms with Crippen LogP contribution < -0.4 is 10.1 Å². The van der Waals surface area contributed by atoms with E-state index >= 15 is 0 Å². The molecule has 0 aliphatic carbocycles. The number of likely N-dealkylation sites (tertiary alicyclic amines) is 1. The van der Waals surface area contributed by atoms with Crippen LogP contribution in [-0.2, 0) is 0 Å². The summed E-state index contributed by atoms with van der Waals surface area (Å²) in [7, 11) is 1.61. The second-order valence-electron chi connectivity index (χ2n) is 5.90. The fourth-order valence-corrected chi connectivity index (χ4v) is 3.17. The van der Waals surface area contributed by atoms with E-state index in [-0.39, 0.29) is 12.1 Å². The molecule has 1 fully saturated rings. The minimum atomic E-state index is -0.0708. The second kappa shape index (κ2) is 6.73. The normalized spacial score (nSPS) is 17.1. The Hall–Kier alpha value is -2.49. The predicted octanol–water partition coefficient (Wildman–Crippen LogP) is 4.37. The maximum atomic E-state index is 12.7. The zero-order chi connectivity index (χ0) is 16.2. The van der Waals surface area contributed by atoms with Gasteiger partial charge in [-0.15, -0.1) is 0 Å². The number of benzene rings is 2. The minimum absolute atomic E-state index is 0.0708. The number of carbonyl (C=O) groups is 1. The molecule has 23 heavy (non-hydrogen) atoms. The SMILES string of the molecule is COc1ccccc1NC(=O)N1CCC[C@H]1c1cccc(C)c1. The molecule has 0 aromatic heterocycles. The Bertz CT molecular complexity index is 699. The summed E-state index contributed by atoms with van der Waals surface area (Å²) in [5, 5.41) is 2.98. The van der Waals surface area contributed by atoms with E-state index in [0.717, 1.165) is 19.4 Å². The molecule has 2 aromatic rings. The van der Waals surface area contributed by atoms with Crippen LogP contribution in [0.2, 0.25) is 0 Å². The summed E-state index contributed by atoms with van der Waals surface area (Å²) in [5.74, 6) is 0.673. The lowest BCUT2D eigenvalue weighted by molar-refractivity contribution is 0.207. The smallest absolute Gasteiger partial charge is 0.322 e. The number of methoxy groups -OCH3 is 1. The van der Waals surface area contributed by atoms with E-state index in [1.54, 1.807) is 7.11 Å². The van der Waals surface area contributed by atoms with Gasteiger partial charge in [-0.3, -0.25) is 0 Å². The zero-order valence-electron chi connectivity index (χ0n) is 13.6. The molecule has 2 aromatic carbocycles. The first-order valence-electron chi connectivity index (χ1n) is 7.96. The highest BCUT2D eigenvalue weighted by molar-refractivity contribution is 5.91. The van der Waals surface area contributed by atoms with Crippen LogP contribution >= 0.6 is 0 Å². The average molecular weight is 310 g/mol. The van der Waals surface area contributed by atoms with Crippen molar-refractivity contribution in [1.29, 1.82) is 0 Å². The first-order chi connectivity index (χ1) is 11.2. The Morgan fingerprint density at radius 2 is 2.04 bits per heavy atom. The number of hydrogen-bond acceptors (Lipinski definition) is 2. The van der Waals surface area contributed by atoms with Gasteiger partial charge < -0.3 is 15.0 Å². The summed E-state index contributed by atoms with van der Waals surface area (Å²) in [6, 6.07) is 16.0. The Balaban J connectivity index is 1.78. The van der Waals surface area contributed by atoms with E-state index in [2.05, 4.69) is 36.5 Å². The highest BCUT2D eigenvalue weighted by atomic mass is 16.5. The maximum Gasteiger partial charge on any atom is 0.322 e. The van der Waals surface area contributed by atoms with Crippen molar-refractivity contribution in [3.63, 3.8) is 0 Å². The Morgan fingerprint density at radius 1 is 1.22 bits per heavy atom. The monoisotopic (exact) mass is 310 g/mol. The molecule has 4 nitrogen and oxygen atoms in total. The highest BCUT2D eigenvalue weighted by Crippen LogP contribution is 2.33. The molecule has 4 heteroatoms. The third kappa shape index (κ3) is 3.31. The minimum Gasteiger partial charge on any atom is -0.495 e. The molecule has 1 aliphatic heterocycles. The van der Waals surface area contributed by atoms with Crippen LogP contribution in [0, 0.1) is 6.92 Å². The van der Waals surface area contributed by atoms with Crippen molar-refractivity contribution in [1.82, 2.24) is 4.90 Å². The number of rotatable bonds is 3. The molecule has 120 valence electrons. The van der Waals surface area contributed by atoms with E-state index in [0.29, 0.717) is 11.4 Å². The van der Waals surface area contributed by atoms with Gasteiger partial charge in [-0.25, -0.2) is 4.79 Å². The van der Waals surface area contributed by atoms with Gasteiger partial charge in [0.1, 0.15) is 5.75 Å². The van der Waals surface area contributed by atoms with Crippen molar-refractivity contribution < 1.29 is 9.53 Å². The van der Waals surface area contributed by atoms with Crippen molar-refractivity contribution >= 4 is 11.7 Å². The zero-order valence-corrected chi connectivity index (χ0v) is 13.6. The number of urea groups is 1. The Morgan fingerprint density at radius 3 is 2.83 bits per heavy atom. The summed E-state index contributed by atoms with van der Waals surface area (Å²) in [6.07, 6.45) is 2.03. The number of aryl methyl sites for hydroxylation is 1. The molecule has 0 spiro atoms. The molecule has 0 bridgehead atoms. The van der Waals surface area contributed by atoms with Crippen molar-refractivity contribution in [2.24, 2.45) is 0 Å². The lowest BCUT2D eigenvalue weighted by Crippen LogP contribution is -2.34. The largest absolute Gasteiger partial charge is 0.495 e. The molecule has 0 radical (unpaired) electrons. The molecule has 2 amide bonds. The van der Waals surface area contributed by atoms with Gasteiger partial charge in [-0.05, 0) is 37.5 Å². The fourth-order valence-electron chi connectivity index (χ4n) is 3.17. The number of anilines is 1. The first-order valence-corrected chi connectivity index (χ1v) is 7.96. The number of nitrogens with one attached hydrogen (secondary N) is 1. The van der Waals surface area contributed by atoms with E-state index in [1.165, 1.54) is 11.1 Å². The van der Waals surface area contributed by atoms with E-state index in [4.69, 9.17) is 4.74 Å². The van der Waals surface area contributed by atoms with Crippen molar-refractivity contribution in [3.8, 4) is 5.75 Å². The quantitative estimate of drug-likeness (QED) is 0.914. The number of ether oxygens (including phenoxy) is 1. The van der Waals surface area contributed by atoms with Crippen LogP contribution in [0.4, 0.5) is 10.5 Å². The van der Waals surface area contributed by atoms with Crippen LogP contribution in [-0.4, -0.2) is 24.6 Å². The number of nitrogens with zero attached hydrogens (tertiary/aromatic N) is 1. The number of amides is 2. The highest BCUT2D eigenvalue weighted by Gasteiger charge is 2.30. The van der Waals surface area contributed by atoms with E-state index < -0.39 is 0 Å². The molecule has 1 heterocycles. The molecule has 3 rings (SSSR count). The van der Waals surface area contributed by atoms with Gasteiger partial charge in [-0.2, -0.15) is 0 Å². The third-order valence-electron chi connectivity index (χ3n) is 4.29. The van der Waals surface area contributed by atoms with Crippen LogP contribution in [0.5, 0.6) is 5.75 Å². The van der Waals surface area contributed by atoms with Crippen LogP contribution in [0.25, 0.3) is 0 Å². The van der Waals surface area contributed by atoms with Crippen LogP contribution in [0.1, 0.15) is 30.0 Å².